The van der Waals surface area contributed by atoms with Crippen molar-refractivity contribution in [3.05, 3.63) is 70.5 Å². The zero-order valence-corrected chi connectivity index (χ0v) is 21.0. The van der Waals surface area contributed by atoms with Gasteiger partial charge in [0, 0.05) is 16.3 Å². The van der Waals surface area contributed by atoms with Crippen molar-refractivity contribution < 1.29 is 9.18 Å². The van der Waals surface area contributed by atoms with Crippen LogP contribution in [0.15, 0.2) is 63.1 Å². The highest BCUT2D eigenvalue weighted by molar-refractivity contribution is 8.00. The van der Waals surface area contributed by atoms with Gasteiger partial charge in [0.05, 0.1) is 12.0 Å². The number of amides is 1. The summed E-state index contributed by atoms with van der Waals surface area (Å²) in [5.41, 5.74) is 3.89. The van der Waals surface area contributed by atoms with Gasteiger partial charge >= 0.3 is 0 Å². The molecule has 4 rings (SSSR count). The van der Waals surface area contributed by atoms with E-state index in [9.17, 15) is 9.18 Å². The van der Waals surface area contributed by atoms with Gasteiger partial charge in [-0.1, -0.05) is 82.9 Å². The minimum absolute atomic E-state index is 0.0233. The fraction of sp³-hybridized carbons (Fsp3) is 0.100. The highest BCUT2D eigenvalue weighted by atomic mass is 35.5. The lowest BCUT2D eigenvalue weighted by Crippen LogP contribution is -2.16. The molecule has 0 spiro atoms. The third-order valence-corrected chi connectivity index (χ3v) is 7.56. The molecule has 4 N–H and O–H groups in total. The van der Waals surface area contributed by atoms with Crippen LogP contribution in [0.5, 0.6) is 0 Å². The van der Waals surface area contributed by atoms with E-state index in [1.807, 2.05) is 24.3 Å². The number of carbonyl (C=O) groups is 1. The average Bonchev–Trinajstić information content (AvgIpc) is 3.44. The molecule has 0 bridgehead atoms. The zero-order valence-electron chi connectivity index (χ0n) is 17.8. The summed E-state index contributed by atoms with van der Waals surface area (Å²) in [7, 11) is 0. The molecule has 0 saturated heterocycles. The topological polar surface area (TPSA) is 136 Å². The van der Waals surface area contributed by atoms with Crippen LogP contribution in [0.1, 0.15) is 11.1 Å². The van der Waals surface area contributed by atoms with Crippen LogP contribution in [-0.2, 0) is 10.5 Å². The Morgan fingerprint density at radius 3 is 2.77 bits per heavy atom. The number of rotatable bonds is 10. The zero-order chi connectivity index (χ0) is 24.6. The number of halogens is 2. The molecule has 2 aromatic heterocycles. The Kier molecular flexibility index (Phi) is 8.52. The predicted octanol–water partition coefficient (Wildman–Crippen LogP) is 4.11. The minimum Gasteiger partial charge on any atom is -0.334 e. The van der Waals surface area contributed by atoms with E-state index in [0.717, 1.165) is 22.0 Å². The predicted molar refractivity (Wildman–Crippen MR) is 138 cm³/mol. The maximum atomic E-state index is 13.6. The van der Waals surface area contributed by atoms with E-state index < -0.39 is 5.82 Å². The van der Waals surface area contributed by atoms with Gasteiger partial charge in [-0.15, -0.1) is 20.4 Å². The number of aromatic nitrogens is 5. The quantitative estimate of drug-likeness (QED) is 0.0877. The van der Waals surface area contributed by atoms with E-state index >= 15 is 0 Å². The van der Waals surface area contributed by atoms with Crippen LogP contribution >= 0.6 is 46.5 Å². The Labute approximate surface area is 216 Å². The second-order valence-electron chi connectivity index (χ2n) is 6.66. The van der Waals surface area contributed by atoms with Gasteiger partial charge in [-0.25, -0.2) is 14.5 Å². The number of nitrogens with two attached hydrogens (primary N) is 1. The molecule has 10 nitrogen and oxygen atoms in total. The molecule has 15 heteroatoms. The van der Waals surface area contributed by atoms with Crippen LogP contribution < -0.4 is 16.6 Å². The third-order valence-electron chi connectivity index (χ3n) is 4.23. The van der Waals surface area contributed by atoms with Gasteiger partial charge in [-0.05, 0) is 17.7 Å². The summed E-state index contributed by atoms with van der Waals surface area (Å²) in [6.07, 6.45) is 1.30. The number of hydrogen-bond donors (Lipinski definition) is 3. The second kappa shape index (κ2) is 12.0. The maximum absolute atomic E-state index is 13.6. The van der Waals surface area contributed by atoms with Crippen LogP contribution in [0.2, 0.25) is 5.02 Å². The highest BCUT2D eigenvalue weighted by Gasteiger charge is 2.14. The van der Waals surface area contributed by atoms with Gasteiger partial charge in [0.25, 0.3) is 5.95 Å². The SMILES string of the molecule is Nn1c(N/N=C/c2ccccc2F)nnc1SCC(=O)Nc1nnc(SCc2ccccc2Cl)s1. The van der Waals surface area contributed by atoms with Gasteiger partial charge in [0.1, 0.15) is 5.82 Å². The molecule has 0 atom stereocenters. The van der Waals surface area contributed by atoms with E-state index in [1.165, 1.54) is 35.4 Å². The summed E-state index contributed by atoms with van der Waals surface area (Å²) in [6.45, 7) is 0. The Morgan fingerprint density at radius 2 is 1.94 bits per heavy atom. The first-order valence-corrected chi connectivity index (χ1v) is 13.0. The Hall–Kier alpha value is -3.20. The third kappa shape index (κ3) is 6.91. The fourth-order valence-electron chi connectivity index (χ4n) is 2.55. The molecule has 0 unspecified atom stereocenters. The number of nitrogens with zero attached hydrogens (tertiary/aromatic N) is 6. The van der Waals surface area contributed by atoms with Crippen LogP contribution in [0.25, 0.3) is 0 Å². The van der Waals surface area contributed by atoms with Crippen LogP contribution in [-0.4, -0.2) is 42.9 Å². The van der Waals surface area contributed by atoms with Gasteiger partial charge in [-0.3, -0.25) is 10.1 Å². The molecule has 0 aliphatic heterocycles. The van der Waals surface area contributed by atoms with Crippen molar-refractivity contribution in [3.63, 3.8) is 0 Å². The molecule has 0 radical (unpaired) electrons. The number of anilines is 2. The molecule has 0 aliphatic carbocycles. The first-order valence-electron chi connectivity index (χ1n) is 9.86. The maximum Gasteiger partial charge on any atom is 0.264 e. The molecule has 4 aromatic rings. The van der Waals surface area contributed by atoms with Gasteiger partial charge in [0.15, 0.2) is 4.34 Å². The molecule has 0 saturated carbocycles. The van der Waals surface area contributed by atoms with Gasteiger partial charge in [0.2, 0.25) is 16.2 Å². The first kappa shape index (κ1) is 24.9. The summed E-state index contributed by atoms with van der Waals surface area (Å²) >= 11 is 10.0. The molecular formula is C20H17ClFN9OS3. The number of benzene rings is 2. The minimum atomic E-state index is -0.406. The molecule has 2 heterocycles. The van der Waals surface area contributed by atoms with Crippen molar-refractivity contribution in [1.29, 1.82) is 0 Å². The van der Waals surface area contributed by atoms with E-state index in [1.54, 1.807) is 18.2 Å². The molecule has 35 heavy (non-hydrogen) atoms. The second-order valence-corrected chi connectivity index (χ2v) is 10.2. The van der Waals surface area contributed by atoms with Crippen LogP contribution in [0, 0.1) is 5.82 Å². The molecule has 0 aliphatic rings. The van der Waals surface area contributed by atoms with Crippen molar-refractivity contribution >= 4 is 69.7 Å². The number of hydrazone groups is 1. The van der Waals surface area contributed by atoms with Crippen molar-refractivity contribution in [1.82, 2.24) is 25.1 Å². The summed E-state index contributed by atoms with van der Waals surface area (Å²) in [5, 5.41) is 23.8. The molecule has 180 valence electrons. The summed E-state index contributed by atoms with van der Waals surface area (Å²) < 4.78 is 15.5. The summed E-state index contributed by atoms with van der Waals surface area (Å²) in [5.74, 6) is 6.03. The average molecular weight is 550 g/mol. The first-order chi connectivity index (χ1) is 17.0. The standard InChI is InChI=1S/C20H17ClFN9OS3/c21-14-7-3-1-6-13(14)10-34-20-30-28-18(35-20)25-16(32)11-33-19-29-27-17(31(19)23)26-24-9-12-5-2-4-8-15(12)22/h1-9H,10-11,23H2,(H,26,27)(H,25,28,32)/b24-9+. The Morgan fingerprint density at radius 1 is 1.14 bits per heavy atom. The monoisotopic (exact) mass is 549 g/mol. The number of thioether (sulfide) groups is 2. The largest absolute Gasteiger partial charge is 0.334 e. The van der Waals surface area contributed by atoms with Crippen molar-refractivity contribution in [3.8, 4) is 0 Å². The number of nitrogen functional groups attached to an aromatic ring is 1. The van der Waals surface area contributed by atoms with Crippen molar-refractivity contribution in [2.24, 2.45) is 5.10 Å². The normalized spacial score (nSPS) is 11.1. The Bertz CT molecular complexity index is 1350. The summed E-state index contributed by atoms with van der Waals surface area (Å²) in [6, 6.07) is 13.8. The Balaban J connectivity index is 1.24. The van der Waals surface area contributed by atoms with Crippen molar-refractivity contribution in [2.45, 2.75) is 15.2 Å². The molecule has 2 aromatic carbocycles. The lowest BCUT2D eigenvalue weighted by Gasteiger charge is -2.03. The van der Waals surface area contributed by atoms with Crippen LogP contribution in [0.4, 0.5) is 15.5 Å². The van der Waals surface area contributed by atoms with E-state index in [2.05, 4.69) is 36.2 Å². The summed E-state index contributed by atoms with van der Waals surface area (Å²) in [4.78, 5) is 12.3. The lowest BCUT2D eigenvalue weighted by molar-refractivity contribution is -0.113. The highest BCUT2D eigenvalue weighted by Crippen LogP contribution is 2.30. The van der Waals surface area contributed by atoms with Gasteiger partial charge in [-0.2, -0.15) is 5.10 Å². The molecule has 1 amide bonds. The fourth-order valence-corrected chi connectivity index (χ4v) is 5.26. The van der Waals surface area contributed by atoms with E-state index in [4.69, 9.17) is 17.4 Å². The molecule has 0 fully saturated rings. The smallest absolute Gasteiger partial charge is 0.264 e. The van der Waals surface area contributed by atoms with Crippen molar-refractivity contribution in [2.75, 3.05) is 22.3 Å². The molecular weight excluding hydrogens is 533 g/mol. The van der Waals surface area contributed by atoms with Crippen LogP contribution in [0.3, 0.4) is 0 Å². The van der Waals surface area contributed by atoms with E-state index in [-0.39, 0.29) is 22.8 Å². The number of nitrogens with one attached hydrogen (secondary N) is 2. The van der Waals surface area contributed by atoms with E-state index in [0.29, 0.717) is 25.8 Å². The lowest BCUT2D eigenvalue weighted by atomic mass is 10.2. The van der Waals surface area contributed by atoms with Gasteiger partial charge < -0.3 is 5.84 Å². The number of hydrogen-bond acceptors (Lipinski definition) is 11. The number of carbonyl (C=O) groups excluding carboxylic acids is 1.